The zero-order valence-electron chi connectivity index (χ0n) is 26.1. The van der Waals surface area contributed by atoms with Crippen molar-refractivity contribution in [3.8, 4) is 5.75 Å². The van der Waals surface area contributed by atoms with E-state index >= 15 is 0 Å². The van der Waals surface area contributed by atoms with Gasteiger partial charge in [-0.05, 0) is 42.8 Å². The Kier molecular flexibility index (Phi) is 11.3. The topological polar surface area (TPSA) is 164 Å². The van der Waals surface area contributed by atoms with Gasteiger partial charge in [0.25, 0.3) is 5.91 Å². The lowest BCUT2D eigenvalue weighted by molar-refractivity contribution is -0.0497. The third-order valence-electron chi connectivity index (χ3n) is 7.26. The van der Waals surface area contributed by atoms with Gasteiger partial charge in [-0.3, -0.25) is 18.8 Å². The summed E-state index contributed by atoms with van der Waals surface area (Å²) in [5.74, 6) is 0.139. The quantitative estimate of drug-likeness (QED) is 0.0549. The molecule has 1 fully saturated rings. The van der Waals surface area contributed by atoms with Crippen LogP contribution in [0.5, 0.6) is 5.75 Å². The molecule has 0 aliphatic carbocycles. The summed E-state index contributed by atoms with van der Waals surface area (Å²) in [6.07, 6.45) is 0.698. The summed E-state index contributed by atoms with van der Waals surface area (Å²) in [6, 6.07) is 25.3. The number of amides is 1. The van der Waals surface area contributed by atoms with Crippen LogP contribution in [0.2, 0.25) is 0 Å². The molecule has 1 aliphatic heterocycles. The van der Waals surface area contributed by atoms with Crippen LogP contribution in [0.4, 0.5) is 5.82 Å². The number of para-hydroxylation sites is 1. The van der Waals surface area contributed by atoms with Crippen LogP contribution in [-0.2, 0) is 18.6 Å². The maximum absolute atomic E-state index is 13.4. The number of nitrogens with one attached hydrogen (secondary N) is 1. The van der Waals surface area contributed by atoms with Gasteiger partial charge < -0.3 is 19.3 Å². The molecule has 5 aromatic rings. The third kappa shape index (κ3) is 8.50. The number of nitrogens with zero attached hydrogens (tertiary/aromatic N) is 4. The summed E-state index contributed by atoms with van der Waals surface area (Å²) in [5, 5.41) is 2.15. The molecule has 3 heterocycles. The Morgan fingerprint density at radius 2 is 1.63 bits per heavy atom. The Labute approximate surface area is 289 Å². The summed E-state index contributed by atoms with van der Waals surface area (Å²) in [5.41, 5.74) is 1.41. The Morgan fingerprint density at radius 1 is 0.959 bits per heavy atom. The standard InChI is InChI=1S/C33H32N5O8PS2/c1-2-18-48-49-28-27(46-47(41,42)45-24-16-10-5-11-17-24)25(19-43-33(40)23-14-8-4-9-15-23)44-32(28)38-21-36-26-29(34-20-35-30(26)38)37-31(39)22-12-6-3-7-13-22/h3-17,20-21,25,27-28,32H,2,18-19H2,1H3,(H,41,42)(H,34,35,37,39)/t25-,27+,28?,32-/m1/s1. The second-order valence-corrected chi connectivity index (χ2v) is 14.7. The van der Waals surface area contributed by atoms with Crippen molar-refractivity contribution in [1.82, 2.24) is 19.5 Å². The van der Waals surface area contributed by atoms with Crippen molar-refractivity contribution in [2.24, 2.45) is 0 Å². The lowest BCUT2D eigenvalue weighted by Gasteiger charge is -2.25. The molecule has 49 heavy (non-hydrogen) atoms. The van der Waals surface area contributed by atoms with E-state index in [1.807, 2.05) is 13.0 Å². The molecule has 0 bridgehead atoms. The van der Waals surface area contributed by atoms with Crippen LogP contribution in [0, 0.1) is 0 Å². The normalized spacial score (nSPS) is 20.0. The predicted octanol–water partition coefficient (Wildman–Crippen LogP) is 6.56. The van der Waals surface area contributed by atoms with E-state index in [9.17, 15) is 19.0 Å². The summed E-state index contributed by atoms with van der Waals surface area (Å²) in [6.45, 7) is 1.74. The van der Waals surface area contributed by atoms with Crippen molar-refractivity contribution in [2.75, 3.05) is 17.7 Å². The average Bonchev–Trinajstić information content (AvgIpc) is 3.69. The summed E-state index contributed by atoms with van der Waals surface area (Å²) in [7, 11) is -1.79. The fourth-order valence-corrected chi connectivity index (χ4v) is 9.02. The monoisotopic (exact) mass is 721 g/mol. The molecule has 2 aromatic heterocycles. The number of fused-ring (bicyclic) bond motifs is 1. The zero-order chi connectivity index (χ0) is 34.2. The number of phosphoric acid groups is 1. The van der Waals surface area contributed by atoms with E-state index in [1.54, 1.807) is 77.4 Å². The van der Waals surface area contributed by atoms with Crippen LogP contribution in [0.3, 0.4) is 0 Å². The first-order valence-corrected chi connectivity index (χ1v) is 19.2. The minimum absolute atomic E-state index is 0.141. The van der Waals surface area contributed by atoms with Gasteiger partial charge in [0.1, 0.15) is 30.9 Å². The summed E-state index contributed by atoms with van der Waals surface area (Å²) in [4.78, 5) is 50.0. The molecule has 2 unspecified atom stereocenters. The van der Waals surface area contributed by atoms with Crippen LogP contribution in [-0.4, -0.2) is 66.1 Å². The Bertz CT molecular complexity index is 1920. The zero-order valence-corrected chi connectivity index (χ0v) is 28.6. The fraction of sp³-hybridized carbons (Fsp3) is 0.242. The van der Waals surface area contributed by atoms with Gasteiger partial charge in [-0.2, -0.15) is 0 Å². The van der Waals surface area contributed by atoms with E-state index in [-0.39, 0.29) is 24.1 Å². The minimum Gasteiger partial charge on any atom is -0.459 e. The van der Waals surface area contributed by atoms with Crippen LogP contribution < -0.4 is 9.84 Å². The number of imidazole rings is 1. The Hall–Kier alpha value is -4.24. The number of benzene rings is 3. The maximum Gasteiger partial charge on any atom is 0.527 e. The Balaban J connectivity index is 1.32. The average molecular weight is 722 g/mol. The first kappa shape index (κ1) is 34.6. The van der Waals surface area contributed by atoms with Crippen LogP contribution in [0.15, 0.2) is 104 Å². The predicted molar refractivity (Wildman–Crippen MR) is 186 cm³/mol. The molecule has 16 heteroatoms. The van der Waals surface area contributed by atoms with Crippen molar-refractivity contribution in [3.63, 3.8) is 0 Å². The van der Waals surface area contributed by atoms with Crippen molar-refractivity contribution in [2.45, 2.75) is 37.0 Å². The smallest absolute Gasteiger partial charge is 0.459 e. The van der Waals surface area contributed by atoms with E-state index in [4.69, 9.17) is 18.5 Å². The molecule has 0 spiro atoms. The molecule has 0 radical (unpaired) electrons. The second kappa shape index (κ2) is 16.0. The molecule has 1 amide bonds. The number of anilines is 1. The number of aromatic nitrogens is 4. The third-order valence-corrected chi connectivity index (χ3v) is 11.2. The van der Waals surface area contributed by atoms with Crippen LogP contribution in [0.1, 0.15) is 40.3 Å². The highest BCUT2D eigenvalue weighted by Crippen LogP contribution is 2.52. The van der Waals surface area contributed by atoms with E-state index < -0.39 is 37.5 Å². The molecule has 13 nitrogen and oxygen atoms in total. The molecule has 5 atom stereocenters. The van der Waals surface area contributed by atoms with Crippen LogP contribution in [0.25, 0.3) is 11.2 Å². The molecule has 2 N–H and O–H groups in total. The first-order valence-electron chi connectivity index (χ1n) is 15.3. The lowest BCUT2D eigenvalue weighted by atomic mass is 10.2. The largest absolute Gasteiger partial charge is 0.527 e. The van der Waals surface area contributed by atoms with Crippen molar-refractivity contribution in [3.05, 3.63) is 115 Å². The second-order valence-electron chi connectivity index (χ2n) is 10.7. The molecular formula is C33H32N5O8PS2. The fourth-order valence-electron chi connectivity index (χ4n) is 5.01. The maximum atomic E-state index is 13.4. The van der Waals surface area contributed by atoms with E-state index in [0.717, 1.165) is 12.2 Å². The van der Waals surface area contributed by atoms with Gasteiger partial charge in [-0.1, -0.05) is 83.1 Å². The number of phosphoric ester groups is 1. The highest BCUT2D eigenvalue weighted by atomic mass is 33.1. The molecular weight excluding hydrogens is 689 g/mol. The van der Waals surface area contributed by atoms with Crippen molar-refractivity contribution in [1.29, 1.82) is 0 Å². The highest BCUT2D eigenvalue weighted by molar-refractivity contribution is 8.77. The molecule has 1 saturated heterocycles. The van der Waals surface area contributed by atoms with Gasteiger partial charge in [0.15, 0.2) is 23.2 Å². The van der Waals surface area contributed by atoms with Gasteiger partial charge >= 0.3 is 13.8 Å². The number of ether oxygens (including phenoxy) is 2. The van der Waals surface area contributed by atoms with Crippen molar-refractivity contribution < 1.29 is 37.6 Å². The molecule has 1 aliphatic rings. The molecule has 3 aromatic carbocycles. The number of esters is 1. The number of rotatable bonds is 14. The lowest BCUT2D eigenvalue weighted by Crippen LogP contribution is -2.35. The number of carbonyl (C=O) groups is 2. The van der Waals surface area contributed by atoms with Gasteiger partial charge in [-0.25, -0.2) is 24.3 Å². The van der Waals surface area contributed by atoms with E-state index in [0.29, 0.717) is 22.3 Å². The Morgan fingerprint density at radius 3 is 2.33 bits per heavy atom. The van der Waals surface area contributed by atoms with E-state index in [1.165, 1.54) is 46.4 Å². The van der Waals surface area contributed by atoms with Gasteiger partial charge in [-0.15, -0.1) is 0 Å². The van der Waals surface area contributed by atoms with Gasteiger partial charge in [0.05, 0.1) is 17.1 Å². The summed E-state index contributed by atoms with van der Waals surface area (Å²) >= 11 is 0. The van der Waals surface area contributed by atoms with E-state index in [2.05, 4.69) is 20.3 Å². The number of carbonyl (C=O) groups excluding carboxylic acids is 2. The van der Waals surface area contributed by atoms with Crippen molar-refractivity contribution >= 4 is 58.3 Å². The highest BCUT2D eigenvalue weighted by Gasteiger charge is 2.51. The van der Waals surface area contributed by atoms with Gasteiger partial charge in [0, 0.05) is 11.3 Å². The SMILES string of the molecule is CCCSSC1[C@@H](OP(=O)(O)Oc2ccccc2)[C@@H](COC(=O)c2ccccc2)O[C@H]1n1cnc2c(NC(=O)c3ccccc3)ncnc21. The number of hydrogen-bond donors (Lipinski definition) is 2. The molecule has 0 saturated carbocycles. The first-order chi connectivity index (χ1) is 23.8. The number of hydrogen-bond acceptors (Lipinski definition) is 12. The molecule has 6 rings (SSSR count). The van der Waals surface area contributed by atoms with Crippen LogP contribution >= 0.6 is 29.4 Å². The minimum atomic E-state index is -4.73. The molecule has 254 valence electrons. The summed E-state index contributed by atoms with van der Waals surface area (Å²) < 4.78 is 38.5. The van der Waals surface area contributed by atoms with Gasteiger partial charge in [0.2, 0.25) is 0 Å².